The number of thiazole rings is 1. The Morgan fingerprint density at radius 3 is 2.73 bits per heavy atom. The van der Waals surface area contributed by atoms with Crippen molar-refractivity contribution in [1.82, 2.24) is 9.97 Å². The molecule has 0 fully saturated rings. The number of esters is 1. The molecule has 1 amide bonds. The number of pyridine rings is 1. The van der Waals surface area contributed by atoms with Crippen LogP contribution in [0.2, 0.25) is 5.02 Å². The fraction of sp³-hybridized carbons (Fsp3) is 0.0909. The molecule has 0 aliphatic heterocycles. The highest BCUT2D eigenvalue weighted by Crippen LogP contribution is 2.31. The summed E-state index contributed by atoms with van der Waals surface area (Å²) in [7, 11) is 0. The largest absolute Gasteiger partial charge is 0.452 e. The minimum atomic E-state index is -0.699. The number of halogens is 1. The van der Waals surface area contributed by atoms with Crippen molar-refractivity contribution in [2.24, 2.45) is 0 Å². The van der Waals surface area contributed by atoms with Crippen LogP contribution >= 0.6 is 22.9 Å². The van der Waals surface area contributed by atoms with Crippen LogP contribution in [0.15, 0.2) is 54.7 Å². The van der Waals surface area contributed by atoms with Gasteiger partial charge in [0.15, 0.2) is 11.7 Å². The molecule has 4 rings (SSSR count). The van der Waals surface area contributed by atoms with Gasteiger partial charge in [0.05, 0.1) is 21.7 Å². The Bertz CT molecular complexity index is 1400. The first-order valence-electron chi connectivity index (χ1n) is 9.56. The predicted octanol–water partition coefficient (Wildman–Crippen LogP) is 5.02. The van der Waals surface area contributed by atoms with Crippen molar-refractivity contribution in [3.05, 3.63) is 81.0 Å². The summed E-state index contributed by atoms with van der Waals surface area (Å²) < 4.78 is 5.26. The van der Waals surface area contributed by atoms with E-state index in [-0.39, 0.29) is 15.7 Å². The van der Waals surface area contributed by atoms with Gasteiger partial charge in [-0.2, -0.15) is 0 Å². The maximum Gasteiger partial charge on any atom is 0.345 e. The molecule has 0 atom stereocenters. The van der Waals surface area contributed by atoms with Gasteiger partial charge in [-0.1, -0.05) is 41.9 Å². The van der Waals surface area contributed by atoms with E-state index in [1.807, 2.05) is 12.1 Å². The van der Waals surface area contributed by atoms with E-state index in [1.165, 1.54) is 0 Å². The summed E-state index contributed by atoms with van der Waals surface area (Å²) in [6.45, 7) is 1.16. The number of amides is 1. The fourth-order valence-corrected chi connectivity index (χ4v) is 4.09. The predicted molar refractivity (Wildman–Crippen MR) is 125 cm³/mol. The van der Waals surface area contributed by atoms with Crippen LogP contribution in [0.1, 0.15) is 15.9 Å². The average molecular weight is 483 g/mol. The molecular formula is C22H15ClN4O5S. The lowest BCUT2D eigenvalue weighted by molar-refractivity contribution is -0.380. The van der Waals surface area contributed by atoms with Crippen LogP contribution in [0.25, 0.3) is 22.2 Å². The molecule has 33 heavy (non-hydrogen) atoms. The van der Waals surface area contributed by atoms with Crippen molar-refractivity contribution in [3.8, 4) is 11.3 Å². The molecule has 0 aliphatic rings. The lowest BCUT2D eigenvalue weighted by Gasteiger charge is -2.14. The van der Waals surface area contributed by atoms with Gasteiger partial charge in [-0.05, 0) is 42.0 Å². The normalized spacial score (nSPS) is 10.7. The highest BCUT2D eigenvalue weighted by atomic mass is 35.5. The van der Waals surface area contributed by atoms with Crippen LogP contribution in [0.3, 0.4) is 0 Å². The van der Waals surface area contributed by atoms with Crippen LogP contribution in [-0.4, -0.2) is 33.4 Å². The van der Waals surface area contributed by atoms with Gasteiger partial charge in [0.1, 0.15) is 6.20 Å². The Labute approximate surface area is 196 Å². The standard InChI is InChI=1S/C22H15ClN4O5S/c1-12-19(21(29)32-11-17(28)26-22-24-10-18(33-22)27(30)31)15-7-2-3-8-16(15)25-20(12)13-5-4-6-14(23)9-13/h2-10H,11H2,1H3,(H,24,26,28). The molecule has 2 aromatic carbocycles. The van der Waals surface area contributed by atoms with E-state index in [1.54, 1.807) is 43.3 Å². The number of hydrogen-bond acceptors (Lipinski definition) is 8. The second-order valence-corrected chi connectivity index (χ2v) is 8.32. The topological polar surface area (TPSA) is 124 Å². The Balaban J connectivity index is 1.60. The number of nitrogens with one attached hydrogen (secondary N) is 1. The molecule has 11 heteroatoms. The number of fused-ring (bicyclic) bond motifs is 1. The minimum Gasteiger partial charge on any atom is -0.452 e. The third-order valence-electron chi connectivity index (χ3n) is 4.69. The summed E-state index contributed by atoms with van der Waals surface area (Å²) in [5.41, 5.74) is 2.76. The number of benzene rings is 2. The summed E-state index contributed by atoms with van der Waals surface area (Å²) >= 11 is 6.84. The Morgan fingerprint density at radius 1 is 1.21 bits per heavy atom. The molecule has 1 N–H and O–H groups in total. The summed E-state index contributed by atoms with van der Waals surface area (Å²) in [6.07, 6.45) is 1.04. The first-order chi connectivity index (χ1) is 15.8. The third kappa shape index (κ3) is 4.81. The zero-order chi connectivity index (χ0) is 23.5. The zero-order valence-corrected chi connectivity index (χ0v) is 18.6. The number of para-hydroxylation sites is 1. The van der Waals surface area contributed by atoms with Gasteiger partial charge in [0, 0.05) is 16.0 Å². The van der Waals surface area contributed by atoms with Crippen molar-refractivity contribution >= 4 is 55.8 Å². The summed E-state index contributed by atoms with van der Waals surface area (Å²) in [5.74, 6) is -1.37. The summed E-state index contributed by atoms with van der Waals surface area (Å²) in [6, 6.07) is 14.2. The second-order valence-electron chi connectivity index (χ2n) is 6.87. The first-order valence-corrected chi connectivity index (χ1v) is 10.8. The molecule has 9 nitrogen and oxygen atoms in total. The van der Waals surface area contributed by atoms with E-state index in [4.69, 9.17) is 16.3 Å². The third-order valence-corrected chi connectivity index (χ3v) is 5.79. The highest BCUT2D eigenvalue weighted by Gasteiger charge is 2.21. The van der Waals surface area contributed by atoms with Crippen LogP contribution in [0, 0.1) is 17.0 Å². The maximum absolute atomic E-state index is 13.0. The molecule has 2 aromatic heterocycles. The quantitative estimate of drug-likeness (QED) is 0.232. The number of nitrogens with zero attached hydrogens (tertiary/aromatic N) is 3. The Morgan fingerprint density at radius 2 is 2.00 bits per heavy atom. The van der Waals surface area contributed by atoms with Crippen LogP contribution < -0.4 is 5.32 Å². The summed E-state index contributed by atoms with van der Waals surface area (Å²) in [4.78, 5) is 43.8. The van der Waals surface area contributed by atoms with Crippen LogP contribution in [0.4, 0.5) is 10.1 Å². The number of nitro groups is 1. The molecule has 0 radical (unpaired) electrons. The van der Waals surface area contributed by atoms with E-state index in [9.17, 15) is 19.7 Å². The van der Waals surface area contributed by atoms with Gasteiger partial charge in [-0.25, -0.2) is 14.8 Å². The number of hydrogen-bond donors (Lipinski definition) is 1. The Kier molecular flexibility index (Phi) is 6.29. The van der Waals surface area contributed by atoms with Gasteiger partial charge in [-0.3, -0.25) is 20.2 Å². The lowest BCUT2D eigenvalue weighted by Crippen LogP contribution is -2.21. The SMILES string of the molecule is Cc1c(-c2cccc(Cl)c2)nc2ccccc2c1C(=O)OCC(=O)Nc1ncc([N+](=O)[O-])s1. The first kappa shape index (κ1) is 22.3. The highest BCUT2D eigenvalue weighted by molar-refractivity contribution is 7.18. The van der Waals surface area contributed by atoms with E-state index in [0.717, 1.165) is 11.8 Å². The maximum atomic E-state index is 13.0. The zero-order valence-electron chi connectivity index (χ0n) is 17.1. The molecule has 166 valence electrons. The molecule has 0 spiro atoms. The lowest BCUT2D eigenvalue weighted by atomic mass is 9.98. The number of ether oxygens (including phenoxy) is 1. The van der Waals surface area contributed by atoms with Crippen molar-refractivity contribution < 1.29 is 19.2 Å². The van der Waals surface area contributed by atoms with Crippen molar-refractivity contribution in [2.75, 3.05) is 11.9 Å². The number of rotatable bonds is 6. The van der Waals surface area contributed by atoms with Crippen molar-refractivity contribution in [1.29, 1.82) is 0 Å². The van der Waals surface area contributed by atoms with Crippen LogP contribution in [0.5, 0.6) is 0 Å². The van der Waals surface area contributed by atoms with Gasteiger partial charge < -0.3 is 4.74 Å². The Hall–Kier alpha value is -3.89. The van der Waals surface area contributed by atoms with Gasteiger partial charge in [-0.15, -0.1) is 0 Å². The van der Waals surface area contributed by atoms with Gasteiger partial charge in [0.25, 0.3) is 5.91 Å². The van der Waals surface area contributed by atoms with E-state index in [2.05, 4.69) is 15.3 Å². The smallest absolute Gasteiger partial charge is 0.345 e. The van der Waals surface area contributed by atoms with Crippen molar-refractivity contribution in [3.63, 3.8) is 0 Å². The second kappa shape index (κ2) is 9.31. The van der Waals surface area contributed by atoms with E-state index < -0.39 is 23.4 Å². The molecular weight excluding hydrogens is 468 g/mol. The molecule has 0 unspecified atom stereocenters. The van der Waals surface area contributed by atoms with Crippen molar-refractivity contribution in [2.45, 2.75) is 6.92 Å². The monoisotopic (exact) mass is 482 g/mol. The van der Waals surface area contributed by atoms with Gasteiger partial charge in [0.2, 0.25) is 0 Å². The average Bonchev–Trinajstić information content (AvgIpc) is 3.26. The molecule has 0 saturated carbocycles. The number of carbonyl (C=O) groups excluding carboxylic acids is 2. The molecule has 0 bridgehead atoms. The molecule has 0 saturated heterocycles. The molecule has 4 aromatic rings. The van der Waals surface area contributed by atoms with E-state index >= 15 is 0 Å². The fourth-order valence-electron chi connectivity index (χ4n) is 3.25. The summed E-state index contributed by atoms with van der Waals surface area (Å²) in [5, 5.41) is 14.1. The number of carbonyl (C=O) groups is 2. The number of anilines is 1. The number of aromatic nitrogens is 2. The molecule has 0 aliphatic carbocycles. The van der Waals surface area contributed by atoms with E-state index in [0.29, 0.717) is 38.5 Å². The van der Waals surface area contributed by atoms with Crippen LogP contribution in [-0.2, 0) is 9.53 Å². The van der Waals surface area contributed by atoms with Gasteiger partial charge >= 0.3 is 11.0 Å². The minimum absolute atomic E-state index is 0.0385. The molecule has 2 heterocycles.